The monoisotopic (exact) mass is 262 g/mol. The Hall–Kier alpha value is -1.99. The smallest absolute Gasteiger partial charge is 0.212 e. The molecule has 94 valence electrons. The van der Waals surface area contributed by atoms with Crippen LogP contribution in [0.5, 0.6) is 0 Å². The van der Waals surface area contributed by atoms with E-state index in [9.17, 15) is 0 Å². The molecule has 18 heavy (non-hydrogen) atoms. The van der Waals surface area contributed by atoms with Crippen LogP contribution in [0, 0.1) is 0 Å². The third-order valence-corrected chi connectivity index (χ3v) is 2.92. The maximum absolute atomic E-state index is 5.51. The largest absolute Gasteiger partial charge is 0.370 e. The van der Waals surface area contributed by atoms with E-state index in [1.54, 1.807) is 0 Å². The SMILES string of the molecule is NCCc1cccc(-c2csc(N=C(N)N)n2)n1. The van der Waals surface area contributed by atoms with E-state index in [-0.39, 0.29) is 5.96 Å². The minimum atomic E-state index is 0.000687. The fraction of sp³-hybridized carbons (Fsp3) is 0.182. The second kappa shape index (κ2) is 5.56. The molecule has 6 nitrogen and oxygen atoms in total. The number of nitrogens with two attached hydrogens (primary N) is 3. The van der Waals surface area contributed by atoms with Gasteiger partial charge in [-0.1, -0.05) is 6.07 Å². The summed E-state index contributed by atoms with van der Waals surface area (Å²) in [6, 6.07) is 5.78. The Morgan fingerprint density at radius 3 is 2.78 bits per heavy atom. The van der Waals surface area contributed by atoms with Crippen LogP contribution in [0.1, 0.15) is 5.69 Å². The molecule has 0 aliphatic carbocycles. The van der Waals surface area contributed by atoms with Gasteiger partial charge in [-0.3, -0.25) is 4.98 Å². The summed E-state index contributed by atoms with van der Waals surface area (Å²) in [6.45, 7) is 0.576. The molecule has 2 aromatic rings. The van der Waals surface area contributed by atoms with Gasteiger partial charge in [0.1, 0.15) is 5.69 Å². The molecular formula is C11H14N6S. The van der Waals surface area contributed by atoms with Crippen molar-refractivity contribution in [2.75, 3.05) is 6.54 Å². The summed E-state index contributed by atoms with van der Waals surface area (Å²) in [7, 11) is 0. The molecule has 0 bridgehead atoms. The van der Waals surface area contributed by atoms with Gasteiger partial charge in [0.05, 0.1) is 5.69 Å². The molecule has 6 N–H and O–H groups in total. The number of aromatic nitrogens is 2. The topological polar surface area (TPSA) is 116 Å². The van der Waals surface area contributed by atoms with Crippen LogP contribution < -0.4 is 17.2 Å². The molecule has 0 spiro atoms. The molecule has 2 rings (SSSR count). The third-order valence-electron chi connectivity index (χ3n) is 2.19. The van der Waals surface area contributed by atoms with E-state index >= 15 is 0 Å². The normalized spacial score (nSPS) is 10.3. The first-order valence-corrected chi connectivity index (χ1v) is 6.28. The Bertz CT molecular complexity index is 558. The molecule has 0 aromatic carbocycles. The van der Waals surface area contributed by atoms with Gasteiger partial charge < -0.3 is 17.2 Å². The molecule has 2 aromatic heterocycles. The van der Waals surface area contributed by atoms with E-state index in [1.165, 1.54) is 11.3 Å². The Labute approximate surface area is 109 Å². The lowest BCUT2D eigenvalue weighted by Crippen LogP contribution is -2.21. The van der Waals surface area contributed by atoms with Crippen LogP contribution in [0.25, 0.3) is 11.4 Å². The summed E-state index contributed by atoms with van der Waals surface area (Å²) in [6.07, 6.45) is 0.749. The molecule has 0 saturated heterocycles. The van der Waals surface area contributed by atoms with Crippen molar-refractivity contribution in [1.82, 2.24) is 9.97 Å². The zero-order chi connectivity index (χ0) is 13.0. The number of guanidine groups is 1. The summed E-state index contributed by atoms with van der Waals surface area (Å²) in [5, 5.41) is 2.40. The number of pyridine rings is 1. The van der Waals surface area contributed by atoms with Gasteiger partial charge in [0, 0.05) is 17.5 Å². The summed E-state index contributed by atoms with van der Waals surface area (Å²) in [5.74, 6) is 0.000687. The van der Waals surface area contributed by atoms with Crippen LogP contribution >= 0.6 is 11.3 Å². The van der Waals surface area contributed by atoms with E-state index in [2.05, 4.69) is 15.0 Å². The van der Waals surface area contributed by atoms with Gasteiger partial charge in [0.15, 0.2) is 5.96 Å². The molecular weight excluding hydrogens is 248 g/mol. The number of rotatable bonds is 4. The van der Waals surface area contributed by atoms with Crippen molar-refractivity contribution in [3.05, 3.63) is 29.3 Å². The van der Waals surface area contributed by atoms with Crippen molar-refractivity contribution in [3.63, 3.8) is 0 Å². The molecule has 0 aliphatic rings. The van der Waals surface area contributed by atoms with Crippen molar-refractivity contribution in [2.24, 2.45) is 22.2 Å². The van der Waals surface area contributed by atoms with Crippen molar-refractivity contribution in [2.45, 2.75) is 6.42 Å². The first kappa shape index (κ1) is 12.5. The number of thiazole rings is 1. The Balaban J connectivity index is 2.28. The van der Waals surface area contributed by atoms with Crippen LogP contribution in [-0.4, -0.2) is 22.5 Å². The molecule has 7 heteroatoms. The Kier molecular flexibility index (Phi) is 3.85. The number of hydrogen-bond acceptors (Lipinski definition) is 5. The average Bonchev–Trinajstić information content (AvgIpc) is 2.77. The summed E-state index contributed by atoms with van der Waals surface area (Å²) in [5.41, 5.74) is 18.6. The molecule has 0 unspecified atom stereocenters. The van der Waals surface area contributed by atoms with Crippen molar-refractivity contribution in [3.8, 4) is 11.4 Å². The summed E-state index contributed by atoms with van der Waals surface area (Å²) >= 11 is 1.37. The number of aliphatic imine (C=N–C) groups is 1. The molecule has 0 fully saturated rings. The zero-order valence-corrected chi connectivity index (χ0v) is 10.5. The van der Waals surface area contributed by atoms with E-state index in [0.717, 1.165) is 23.5 Å². The van der Waals surface area contributed by atoms with Crippen molar-refractivity contribution < 1.29 is 0 Å². The fourth-order valence-corrected chi connectivity index (χ4v) is 2.15. The highest BCUT2D eigenvalue weighted by atomic mass is 32.1. The van der Waals surface area contributed by atoms with Crippen molar-refractivity contribution >= 4 is 22.4 Å². The van der Waals surface area contributed by atoms with Crippen LogP contribution in [0.2, 0.25) is 0 Å². The van der Waals surface area contributed by atoms with E-state index < -0.39 is 0 Å². The number of hydrogen-bond donors (Lipinski definition) is 3. The quantitative estimate of drug-likeness (QED) is 0.551. The summed E-state index contributed by atoms with van der Waals surface area (Å²) in [4.78, 5) is 12.7. The van der Waals surface area contributed by atoms with Crippen LogP contribution in [-0.2, 0) is 6.42 Å². The van der Waals surface area contributed by atoms with Gasteiger partial charge in [-0.2, -0.15) is 4.99 Å². The first-order chi connectivity index (χ1) is 8.69. The molecule has 2 heterocycles. The standard InChI is InChI=1S/C11H14N6S/c12-5-4-7-2-1-3-8(15-7)9-6-18-11(16-9)17-10(13)14/h1-3,6H,4-5,12H2,(H4,13,14,16,17). The molecule has 0 aliphatic heterocycles. The molecule has 0 amide bonds. The minimum Gasteiger partial charge on any atom is -0.370 e. The van der Waals surface area contributed by atoms with Gasteiger partial charge in [-0.15, -0.1) is 11.3 Å². The predicted molar refractivity (Wildman–Crippen MR) is 73.6 cm³/mol. The first-order valence-electron chi connectivity index (χ1n) is 5.40. The number of nitrogens with zero attached hydrogens (tertiary/aromatic N) is 3. The van der Waals surface area contributed by atoms with E-state index in [0.29, 0.717) is 11.7 Å². The summed E-state index contributed by atoms with van der Waals surface area (Å²) < 4.78 is 0. The van der Waals surface area contributed by atoms with Crippen LogP contribution in [0.15, 0.2) is 28.6 Å². The highest BCUT2D eigenvalue weighted by molar-refractivity contribution is 7.13. The maximum Gasteiger partial charge on any atom is 0.212 e. The third kappa shape index (κ3) is 3.02. The molecule has 0 saturated carbocycles. The van der Waals surface area contributed by atoms with Crippen LogP contribution in [0.3, 0.4) is 0 Å². The second-order valence-electron chi connectivity index (χ2n) is 3.60. The van der Waals surface area contributed by atoms with Gasteiger partial charge in [0.25, 0.3) is 0 Å². The fourth-order valence-electron chi connectivity index (χ4n) is 1.45. The van der Waals surface area contributed by atoms with Gasteiger partial charge in [0.2, 0.25) is 5.13 Å². The molecule has 0 atom stereocenters. The Morgan fingerprint density at radius 1 is 1.22 bits per heavy atom. The lowest BCUT2D eigenvalue weighted by atomic mass is 10.2. The van der Waals surface area contributed by atoms with Crippen molar-refractivity contribution in [1.29, 1.82) is 0 Å². The van der Waals surface area contributed by atoms with Gasteiger partial charge in [-0.25, -0.2) is 4.98 Å². The minimum absolute atomic E-state index is 0.000687. The predicted octanol–water partition coefficient (Wildman–Crippen LogP) is 0.611. The van der Waals surface area contributed by atoms with Gasteiger partial charge in [-0.05, 0) is 18.7 Å². The average molecular weight is 262 g/mol. The van der Waals surface area contributed by atoms with Gasteiger partial charge >= 0.3 is 0 Å². The highest BCUT2D eigenvalue weighted by Gasteiger charge is 2.06. The van der Waals surface area contributed by atoms with Crippen LogP contribution in [0.4, 0.5) is 5.13 Å². The zero-order valence-electron chi connectivity index (χ0n) is 9.71. The maximum atomic E-state index is 5.51. The lowest BCUT2D eigenvalue weighted by molar-refractivity contribution is 0.924. The Morgan fingerprint density at radius 2 is 2.06 bits per heavy atom. The molecule has 0 radical (unpaired) electrons. The van der Waals surface area contributed by atoms with E-state index in [1.807, 2.05) is 23.6 Å². The lowest BCUT2D eigenvalue weighted by Gasteiger charge is -2.00. The second-order valence-corrected chi connectivity index (χ2v) is 4.44. The highest BCUT2D eigenvalue weighted by Crippen LogP contribution is 2.25. The van der Waals surface area contributed by atoms with E-state index in [4.69, 9.17) is 17.2 Å².